The van der Waals surface area contributed by atoms with Crippen molar-refractivity contribution in [3.05, 3.63) is 52.9 Å². The third-order valence-corrected chi connectivity index (χ3v) is 4.94. The van der Waals surface area contributed by atoms with Crippen LogP contribution in [0, 0.1) is 0 Å². The molecule has 150 valence electrons. The van der Waals surface area contributed by atoms with Crippen LogP contribution in [0.4, 0.5) is 5.69 Å². The Morgan fingerprint density at radius 1 is 1.04 bits per heavy atom. The molecule has 0 aliphatic carbocycles. The van der Waals surface area contributed by atoms with E-state index in [4.69, 9.17) is 0 Å². The Morgan fingerprint density at radius 3 is 2.61 bits per heavy atom. The van der Waals surface area contributed by atoms with Crippen molar-refractivity contribution in [2.75, 3.05) is 32.5 Å². The van der Waals surface area contributed by atoms with E-state index in [2.05, 4.69) is 29.3 Å². The number of anilines is 1. The van der Waals surface area contributed by atoms with Gasteiger partial charge in [-0.2, -0.15) is 0 Å². The highest BCUT2D eigenvalue weighted by Crippen LogP contribution is 2.28. The van der Waals surface area contributed by atoms with Crippen LogP contribution in [0.15, 0.2) is 47.5 Å². The number of nitrogens with zero attached hydrogens (tertiary/aromatic N) is 3. The maximum absolute atomic E-state index is 13.1. The van der Waals surface area contributed by atoms with Crippen molar-refractivity contribution in [3.8, 4) is 0 Å². The van der Waals surface area contributed by atoms with Gasteiger partial charge in [-0.25, -0.2) is 4.98 Å². The van der Waals surface area contributed by atoms with E-state index in [9.17, 15) is 4.79 Å². The maximum Gasteiger partial charge on any atom is 0.199 e. The van der Waals surface area contributed by atoms with Crippen LogP contribution < -0.4 is 10.7 Å². The Morgan fingerprint density at radius 2 is 1.82 bits per heavy atom. The number of pyridine rings is 1. The first kappa shape index (κ1) is 22.2. The van der Waals surface area contributed by atoms with E-state index in [-0.39, 0.29) is 30.2 Å². The molecule has 1 N–H and O–H groups in total. The van der Waals surface area contributed by atoms with Gasteiger partial charge < -0.3 is 10.2 Å². The van der Waals surface area contributed by atoms with Gasteiger partial charge in [0.2, 0.25) is 0 Å². The zero-order valence-electron chi connectivity index (χ0n) is 16.1. The van der Waals surface area contributed by atoms with E-state index in [0.29, 0.717) is 0 Å². The number of nitrogens with one attached hydrogen (secondary N) is 1. The first-order chi connectivity index (χ1) is 12.7. The van der Waals surface area contributed by atoms with Gasteiger partial charge in [0.25, 0.3) is 0 Å². The third kappa shape index (κ3) is 4.02. The fourth-order valence-corrected chi connectivity index (χ4v) is 3.63. The summed E-state index contributed by atoms with van der Waals surface area (Å²) in [6.07, 6.45) is 5.27. The Bertz CT molecular complexity index is 1110. The highest BCUT2D eigenvalue weighted by molar-refractivity contribution is 6.06. The van der Waals surface area contributed by atoms with Crippen LogP contribution in [0.25, 0.3) is 27.3 Å². The highest BCUT2D eigenvalue weighted by Gasteiger charge is 2.15. The lowest BCUT2D eigenvalue weighted by Gasteiger charge is -2.12. The van der Waals surface area contributed by atoms with Gasteiger partial charge in [0.05, 0.1) is 21.9 Å². The molecule has 0 unspecified atom stereocenters. The van der Waals surface area contributed by atoms with Crippen LogP contribution in [-0.2, 0) is 0 Å². The molecule has 0 saturated carbocycles. The first-order valence-corrected chi connectivity index (χ1v) is 9.19. The number of imidazole rings is 1. The minimum atomic E-state index is 0. The van der Waals surface area contributed by atoms with E-state index in [1.165, 1.54) is 12.8 Å². The molecule has 7 heteroatoms. The summed E-state index contributed by atoms with van der Waals surface area (Å²) in [6, 6.07) is 11.7. The molecule has 0 fully saturated rings. The smallest absolute Gasteiger partial charge is 0.199 e. The number of benzene rings is 2. The topological polar surface area (TPSA) is 49.6 Å². The van der Waals surface area contributed by atoms with E-state index >= 15 is 0 Å². The molecular weight excluding hydrogens is 395 g/mol. The van der Waals surface area contributed by atoms with Crippen LogP contribution in [0.3, 0.4) is 0 Å². The predicted molar refractivity (Wildman–Crippen MR) is 123 cm³/mol. The molecule has 4 aromatic rings. The molecular formula is C21H26Cl2N4O. The van der Waals surface area contributed by atoms with Crippen LogP contribution >= 0.6 is 24.8 Å². The summed E-state index contributed by atoms with van der Waals surface area (Å²) in [5.41, 5.74) is 3.67. The van der Waals surface area contributed by atoms with Crippen LogP contribution in [0.5, 0.6) is 0 Å². The van der Waals surface area contributed by atoms with Crippen molar-refractivity contribution in [2.45, 2.75) is 19.3 Å². The number of fused-ring (bicyclic) bond motifs is 2. The summed E-state index contributed by atoms with van der Waals surface area (Å²) in [6.45, 7) is 1.99. The fraction of sp³-hybridized carbons (Fsp3) is 0.333. The van der Waals surface area contributed by atoms with Gasteiger partial charge in [0.1, 0.15) is 6.33 Å². The van der Waals surface area contributed by atoms with Gasteiger partial charge in [-0.15, -0.1) is 24.8 Å². The lowest BCUT2D eigenvalue weighted by Crippen LogP contribution is -2.13. The second-order valence-corrected chi connectivity index (χ2v) is 7.11. The predicted octanol–water partition coefficient (Wildman–Crippen LogP) is 4.43. The molecule has 2 aromatic carbocycles. The van der Waals surface area contributed by atoms with Gasteiger partial charge >= 0.3 is 0 Å². The second kappa shape index (κ2) is 9.41. The molecule has 0 aliphatic heterocycles. The lowest BCUT2D eigenvalue weighted by atomic mass is 10.1. The quantitative estimate of drug-likeness (QED) is 0.354. The summed E-state index contributed by atoms with van der Waals surface area (Å²) in [5.74, 6) is 0. The first-order valence-electron chi connectivity index (χ1n) is 9.19. The van der Waals surface area contributed by atoms with E-state index < -0.39 is 0 Å². The average molecular weight is 421 g/mol. The van der Waals surface area contributed by atoms with Crippen LogP contribution in [-0.4, -0.2) is 41.5 Å². The SMILES string of the molecule is CN(C)CCCCCNc1ccc2ncn3c4ccccc4c(=O)c1c23.Cl.Cl. The summed E-state index contributed by atoms with van der Waals surface area (Å²) in [7, 11) is 4.20. The number of rotatable bonds is 7. The second-order valence-electron chi connectivity index (χ2n) is 7.11. The summed E-state index contributed by atoms with van der Waals surface area (Å²) in [5, 5.41) is 4.96. The number of hydrogen-bond donors (Lipinski definition) is 1. The molecule has 28 heavy (non-hydrogen) atoms. The Balaban J connectivity index is 0.00000140. The molecule has 0 aliphatic rings. The van der Waals surface area contributed by atoms with Crippen molar-refractivity contribution < 1.29 is 0 Å². The number of halogens is 2. The molecule has 0 atom stereocenters. The number of para-hydroxylation sites is 1. The van der Waals surface area contributed by atoms with E-state index in [1.807, 2.05) is 47.1 Å². The zero-order valence-corrected chi connectivity index (χ0v) is 17.8. The summed E-state index contributed by atoms with van der Waals surface area (Å²) in [4.78, 5) is 19.8. The zero-order chi connectivity index (χ0) is 18.1. The molecule has 5 nitrogen and oxygen atoms in total. The normalized spacial score (nSPS) is 11.1. The molecule has 0 radical (unpaired) electrons. The Kier molecular flexibility index (Phi) is 7.47. The maximum atomic E-state index is 13.1. The molecule has 4 rings (SSSR count). The minimum Gasteiger partial charge on any atom is -0.384 e. The van der Waals surface area contributed by atoms with Gasteiger partial charge in [-0.05, 0) is 57.7 Å². The largest absolute Gasteiger partial charge is 0.384 e. The van der Waals surface area contributed by atoms with E-state index in [0.717, 1.165) is 52.5 Å². The molecule has 2 heterocycles. The monoisotopic (exact) mass is 420 g/mol. The summed E-state index contributed by atoms with van der Waals surface area (Å²) >= 11 is 0. The molecule has 0 spiro atoms. The van der Waals surface area contributed by atoms with Crippen LogP contribution in [0.2, 0.25) is 0 Å². The third-order valence-electron chi connectivity index (χ3n) is 4.94. The van der Waals surface area contributed by atoms with Crippen molar-refractivity contribution >= 4 is 57.8 Å². The van der Waals surface area contributed by atoms with Gasteiger partial charge in [0.15, 0.2) is 5.43 Å². The standard InChI is InChI=1S/C21H24N4O.2ClH/c1-24(2)13-7-3-6-12-22-16-10-11-17-20-19(16)21(26)15-8-4-5-9-18(15)25(20)14-23-17;;/h4-5,8-11,14,22H,3,6-7,12-13H2,1-2H3;2*1H. The number of unbranched alkanes of at least 4 members (excludes halogenated alkanes) is 2. The minimum absolute atomic E-state index is 0. The van der Waals surface area contributed by atoms with E-state index in [1.54, 1.807) is 0 Å². The Hall–Kier alpha value is -2.08. The van der Waals surface area contributed by atoms with Gasteiger partial charge in [0, 0.05) is 17.6 Å². The van der Waals surface area contributed by atoms with Crippen molar-refractivity contribution in [1.29, 1.82) is 0 Å². The summed E-state index contributed by atoms with van der Waals surface area (Å²) < 4.78 is 2.03. The molecule has 2 aromatic heterocycles. The van der Waals surface area contributed by atoms with Crippen LogP contribution in [0.1, 0.15) is 19.3 Å². The Labute approximate surface area is 176 Å². The van der Waals surface area contributed by atoms with Crippen molar-refractivity contribution in [3.63, 3.8) is 0 Å². The molecule has 0 amide bonds. The highest BCUT2D eigenvalue weighted by atomic mass is 35.5. The van der Waals surface area contributed by atoms with Gasteiger partial charge in [-0.1, -0.05) is 18.6 Å². The average Bonchev–Trinajstić information content (AvgIpc) is 3.07. The molecule has 0 bridgehead atoms. The number of hydrogen-bond acceptors (Lipinski definition) is 4. The van der Waals surface area contributed by atoms with Crippen molar-refractivity contribution in [2.24, 2.45) is 0 Å². The number of aromatic nitrogens is 2. The van der Waals surface area contributed by atoms with Crippen molar-refractivity contribution in [1.82, 2.24) is 14.3 Å². The van der Waals surface area contributed by atoms with Gasteiger partial charge in [-0.3, -0.25) is 9.20 Å². The molecule has 0 saturated heterocycles. The lowest BCUT2D eigenvalue weighted by molar-refractivity contribution is 0.393. The fourth-order valence-electron chi connectivity index (χ4n) is 3.63.